The number of aliphatic carboxylic acids is 1. The van der Waals surface area contributed by atoms with Crippen LogP contribution in [-0.4, -0.2) is 82.9 Å². The minimum atomic E-state index is -1.59. The first-order chi connectivity index (χ1) is 12.7. The fraction of sp³-hybridized carbons (Fsp3) is 0.733. The van der Waals surface area contributed by atoms with E-state index in [0.717, 1.165) is 0 Å². The Morgan fingerprint density at radius 3 is 2.04 bits per heavy atom. The highest BCUT2D eigenvalue weighted by atomic mass is 16.4. The lowest BCUT2D eigenvalue weighted by molar-refractivity contribution is -0.144. The molecule has 12 heteroatoms. The fourth-order valence-electron chi connectivity index (χ4n) is 2.12. The summed E-state index contributed by atoms with van der Waals surface area (Å²) < 4.78 is 0. The van der Waals surface area contributed by atoms with Crippen molar-refractivity contribution in [3.63, 3.8) is 0 Å². The van der Waals surface area contributed by atoms with Crippen LogP contribution in [0, 0.1) is 0 Å². The molecule has 27 heavy (non-hydrogen) atoms. The summed E-state index contributed by atoms with van der Waals surface area (Å²) in [7, 11) is 0. The van der Waals surface area contributed by atoms with Crippen molar-refractivity contribution < 1.29 is 34.5 Å². The molecule has 0 aromatic carbocycles. The standard InChI is InChI=1S/C15H29N5O7/c1-8(22)12(14(25)19-10(7-21)15(26)27)20-13(24)9(4-2-3-5-16)18-11(23)6-17/h8-10,12,21-22H,2-7,16-17H2,1H3,(H,18,23)(H,19,25)(H,20,24)(H,26,27). The molecule has 156 valence electrons. The van der Waals surface area contributed by atoms with Gasteiger partial charge in [-0.2, -0.15) is 0 Å². The number of hydrogen-bond acceptors (Lipinski definition) is 8. The lowest BCUT2D eigenvalue weighted by atomic mass is 10.1. The number of carboxylic acids is 1. The van der Waals surface area contributed by atoms with Gasteiger partial charge in [-0.05, 0) is 32.7 Å². The summed E-state index contributed by atoms with van der Waals surface area (Å²) in [4.78, 5) is 47.0. The lowest BCUT2D eigenvalue weighted by Gasteiger charge is -2.25. The molecule has 0 bridgehead atoms. The molecule has 12 nitrogen and oxygen atoms in total. The monoisotopic (exact) mass is 391 g/mol. The molecule has 10 N–H and O–H groups in total. The maximum atomic E-state index is 12.4. The summed E-state index contributed by atoms with van der Waals surface area (Å²) in [5, 5.41) is 34.3. The van der Waals surface area contributed by atoms with E-state index in [0.29, 0.717) is 19.4 Å². The lowest BCUT2D eigenvalue weighted by Crippen LogP contribution is -2.59. The number of amides is 3. The summed E-state index contributed by atoms with van der Waals surface area (Å²) in [6.45, 7) is 0.421. The van der Waals surface area contributed by atoms with E-state index in [-0.39, 0.29) is 13.0 Å². The fourth-order valence-corrected chi connectivity index (χ4v) is 2.12. The van der Waals surface area contributed by atoms with Gasteiger partial charge >= 0.3 is 5.97 Å². The molecule has 3 amide bonds. The maximum absolute atomic E-state index is 12.4. The van der Waals surface area contributed by atoms with Gasteiger partial charge in [0.1, 0.15) is 18.1 Å². The Bertz CT molecular complexity index is 515. The highest BCUT2D eigenvalue weighted by molar-refractivity contribution is 5.93. The summed E-state index contributed by atoms with van der Waals surface area (Å²) in [6.07, 6.45) is 0.00443. The van der Waals surface area contributed by atoms with E-state index in [9.17, 15) is 24.3 Å². The number of nitrogens with two attached hydrogens (primary N) is 2. The molecule has 4 unspecified atom stereocenters. The third-order valence-electron chi connectivity index (χ3n) is 3.64. The summed E-state index contributed by atoms with van der Waals surface area (Å²) in [5.41, 5.74) is 10.6. The van der Waals surface area contributed by atoms with E-state index in [1.54, 1.807) is 0 Å². The van der Waals surface area contributed by atoms with E-state index in [1.165, 1.54) is 6.92 Å². The van der Waals surface area contributed by atoms with Crippen molar-refractivity contribution in [2.75, 3.05) is 19.7 Å². The zero-order valence-electron chi connectivity index (χ0n) is 15.2. The third kappa shape index (κ3) is 9.28. The molecule has 0 rings (SSSR count). The number of carboxylic acid groups (broad SMARTS) is 1. The van der Waals surface area contributed by atoms with E-state index in [4.69, 9.17) is 21.7 Å². The first-order valence-electron chi connectivity index (χ1n) is 8.49. The van der Waals surface area contributed by atoms with Crippen LogP contribution in [-0.2, 0) is 19.2 Å². The van der Waals surface area contributed by atoms with Crippen LogP contribution in [0.25, 0.3) is 0 Å². The smallest absolute Gasteiger partial charge is 0.328 e. The number of unbranched alkanes of at least 4 members (excludes halogenated alkanes) is 1. The van der Waals surface area contributed by atoms with Gasteiger partial charge in [0.25, 0.3) is 0 Å². The summed E-state index contributed by atoms with van der Waals surface area (Å²) >= 11 is 0. The molecule has 0 aromatic rings. The predicted molar refractivity (Wildman–Crippen MR) is 94.2 cm³/mol. The van der Waals surface area contributed by atoms with Gasteiger partial charge in [-0.15, -0.1) is 0 Å². The third-order valence-corrected chi connectivity index (χ3v) is 3.64. The van der Waals surface area contributed by atoms with E-state index in [2.05, 4.69) is 10.6 Å². The molecule has 0 aliphatic rings. The highest BCUT2D eigenvalue weighted by Gasteiger charge is 2.31. The van der Waals surface area contributed by atoms with Gasteiger partial charge in [0, 0.05) is 0 Å². The summed E-state index contributed by atoms with van der Waals surface area (Å²) in [6, 6.07) is -4.08. The van der Waals surface area contributed by atoms with Crippen molar-refractivity contribution in [3.8, 4) is 0 Å². The molecule has 0 aliphatic carbocycles. The van der Waals surface area contributed by atoms with Crippen molar-refractivity contribution in [2.45, 2.75) is 50.4 Å². The number of carbonyl (C=O) groups is 4. The van der Waals surface area contributed by atoms with Crippen LogP contribution < -0.4 is 27.4 Å². The van der Waals surface area contributed by atoms with Crippen LogP contribution in [0.3, 0.4) is 0 Å². The van der Waals surface area contributed by atoms with Gasteiger partial charge in [0.15, 0.2) is 0 Å². The van der Waals surface area contributed by atoms with Crippen LogP contribution in [0.1, 0.15) is 26.2 Å². The first-order valence-corrected chi connectivity index (χ1v) is 8.49. The summed E-state index contributed by atoms with van der Waals surface area (Å²) in [5.74, 6) is -3.79. The molecular weight excluding hydrogens is 362 g/mol. The number of nitrogens with one attached hydrogen (secondary N) is 3. The van der Waals surface area contributed by atoms with E-state index >= 15 is 0 Å². The number of hydrogen-bond donors (Lipinski definition) is 8. The topological polar surface area (TPSA) is 217 Å². The maximum Gasteiger partial charge on any atom is 0.328 e. The van der Waals surface area contributed by atoms with Crippen molar-refractivity contribution >= 4 is 23.7 Å². The van der Waals surface area contributed by atoms with Crippen LogP contribution >= 0.6 is 0 Å². The van der Waals surface area contributed by atoms with Gasteiger partial charge in [0.05, 0.1) is 19.3 Å². The SMILES string of the molecule is CC(O)C(NC(=O)C(CCCCN)NC(=O)CN)C(=O)NC(CO)C(=O)O. The van der Waals surface area contributed by atoms with Gasteiger partial charge in [-0.25, -0.2) is 4.79 Å². The molecule has 0 spiro atoms. The quantitative estimate of drug-likeness (QED) is 0.143. The van der Waals surface area contributed by atoms with Gasteiger partial charge in [-0.1, -0.05) is 0 Å². The number of rotatable bonds is 13. The average Bonchev–Trinajstić information content (AvgIpc) is 2.62. The minimum Gasteiger partial charge on any atom is -0.480 e. The van der Waals surface area contributed by atoms with Crippen molar-refractivity contribution in [2.24, 2.45) is 11.5 Å². The highest BCUT2D eigenvalue weighted by Crippen LogP contribution is 2.03. The van der Waals surface area contributed by atoms with Crippen LogP contribution in [0.15, 0.2) is 0 Å². The van der Waals surface area contributed by atoms with Crippen LogP contribution in [0.4, 0.5) is 0 Å². The van der Waals surface area contributed by atoms with Gasteiger partial charge < -0.3 is 42.7 Å². The normalized spacial score (nSPS) is 15.1. The largest absolute Gasteiger partial charge is 0.480 e. The Balaban J connectivity index is 5.13. The molecule has 4 atom stereocenters. The van der Waals surface area contributed by atoms with Crippen molar-refractivity contribution in [1.29, 1.82) is 0 Å². The molecule has 0 aromatic heterocycles. The molecule has 0 aliphatic heterocycles. The zero-order valence-corrected chi connectivity index (χ0v) is 15.2. The Kier molecular flexibility index (Phi) is 11.9. The molecule has 0 heterocycles. The Hall–Kier alpha value is -2.28. The first kappa shape index (κ1) is 24.7. The van der Waals surface area contributed by atoms with Crippen LogP contribution in [0.2, 0.25) is 0 Å². The van der Waals surface area contributed by atoms with Gasteiger partial charge in [0.2, 0.25) is 17.7 Å². The molecule has 0 saturated carbocycles. The Labute approximate surface area is 156 Å². The van der Waals surface area contributed by atoms with Crippen molar-refractivity contribution in [1.82, 2.24) is 16.0 Å². The Morgan fingerprint density at radius 1 is 0.963 bits per heavy atom. The number of aliphatic hydroxyl groups is 2. The second-order valence-corrected chi connectivity index (χ2v) is 5.92. The van der Waals surface area contributed by atoms with Crippen LogP contribution in [0.5, 0.6) is 0 Å². The Morgan fingerprint density at radius 2 is 1.59 bits per heavy atom. The second-order valence-electron chi connectivity index (χ2n) is 5.92. The van der Waals surface area contributed by atoms with E-state index in [1.807, 2.05) is 5.32 Å². The molecule has 0 saturated heterocycles. The average molecular weight is 391 g/mol. The van der Waals surface area contributed by atoms with Gasteiger partial charge in [-0.3, -0.25) is 14.4 Å². The minimum absolute atomic E-state index is 0.233. The number of aliphatic hydroxyl groups excluding tert-OH is 2. The van der Waals surface area contributed by atoms with Crippen molar-refractivity contribution in [3.05, 3.63) is 0 Å². The second kappa shape index (κ2) is 13.0. The zero-order chi connectivity index (χ0) is 21.0. The molecule has 0 radical (unpaired) electrons. The predicted octanol–water partition coefficient (Wildman–Crippen LogP) is -4.01. The molecular formula is C15H29N5O7. The molecule has 0 fully saturated rings. The number of carbonyl (C=O) groups excluding carboxylic acids is 3. The van der Waals surface area contributed by atoms with E-state index < -0.39 is 54.5 Å².